The molecule has 1 atom stereocenters. The summed E-state index contributed by atoms with van der Waals surface area (Å²) in [5.74, 6) is 0.918. The van der Waals surface area contributed by atoms with Crippen LogP contribution >= 0.6 is 11.6 Å². The zero-order valence-corrected chi connectivity index (χ0v) is 12.8. The summed E-state index contributed by atoms with van der Waals surface area (Å²) < 4.78 is 6.02. The van der Waals surface area contributed by atoms with E-state index in [2.05, 4.69) is 33.0 Å². The van der Waals surface area contributed by atoms with Crippen molar-refractivity contribution < 1.29 is 4.74 Å². The molecule has 0 aromatic heterocycles. The Morgan fingerprint density at radius 1 is 1.33 bits per heavy atom. The van der Waals surface area contributed by atoms with Gasteiger partial charge in [0.1, 0.15) is 11.9 Å². The fraction of sp³-hybridized carbons (Fsp3) is 0.600. The lowest BCUT2D eigenvalue weighted by molar-refractivity contribution is 0.180. The van der Waals surface area contributed by atoms with Crippen molar-refractivity contribution in [3.63, 3.8) is 0 Å². The first-order valence-electron chi connectivity index (χ1n) is 6.49. The molecule has 0 amide bonds. The lowest BCUT2D eigenvalue weighted by atomic mass is 10.1. The normalized spacial score (nSPS) is 13.4. The van der Waals surface area contributed by atoms with Crippen LogP contribution in [0.15, 0.2) is 18.2 Å². The summed E-state index contributed by atoms with van der Waals surface area (Å²) in [4.78, 5) is 0. The summed E-state index contributed by atoms with van der Waals surface area (Å²) in [5, 5.41) is 4.22. The smallest absolute Gasteiger partial charge is 0.122 e. The minimum atomic E-state index is 0.117. The van der Waals surface area contributed by atoms with Crippen LogP contribution in [0.25, 0.3) is 0 Å². The minimum Gasteiger partial charge on any atom is -0.489 e. The summed E-state index contributed by atoms with van der Waals surface area (Å²) in [5.41, 5.74) is 1.20. The van der Waals surface area contributed by atoms with Crippen LogP contribution in [-0.4, -0.2) is 18.2 Å². The van der Waals surface area contributed by atoms with Gasteiger partial charge < -0.3 is 10.1 Å². The number of halogens is 1. The van der Waals surface area contributed by atoms with Gasteiger partial charge in [-0.25, -0.2) is 0 Å². The van der Waals surface area contributed by atoms with Crippen molar-refractivity contribution in [1.82, 2.24) is 5.32 Å². The van der Waals surface area contributed by atoms with E-state index in [-0.39, 0.29) is 11.6 Å². The Balaban J connectivity index is 2.62. The van der Waals surface area contributed by atoms with Crippen molar-refractivity contribution in [2.45, 2.75) is 52.7 Å². The number of aryl methyl sites for hydroxylation is 1. The predicted octanol–water partition coefficient (Wildman–Crippen LogP) is 4.19. The van der Waals surface area contributed by atoms with Gasteiger partial charge in [0.2, 0.25) is 0 Å². The number of nitrogens with one attached hydrogen (secondary N) is 1. The molecule has 0 aliphatic carbocycles. The van der Waals surface area contributed by atoms with Gasteiger partial charge in [-0.2, -0.15) is 0 Å². The Bertz CT molecular complexity index is 385. The van der Waals surface area contributed by atoms with Crippen molar-refractivity contribution in [3.05, 3.63) is 28.8 Å². The average Bonchev–Trinajstić information content (AvgIpc) is 2.25. The first kappa shape index (κ1) is 15.3. The van der Waals surface area contributed by atoms with Crippen molar-refractivity contribution in [2.75, 3.05) is 6.54 Å². The lowest BCUT2D eigenvalue weighted by Crippen LogP contribution is -2.42. The molecule has 0 spiro atoms. The van der Waals surface area contributed by atoms with E-state index in [0.29, 0.717) is 0 Å². The fourth-order valence-electron chi connectivity index (χ4n) is 1.61. The molecule has 1 rings (SSSR count). The first-order valence-corrected chi connectivity index (χ1v) is 6.87. The monoisotopic (exact) mass is 269 g/mol. The third-order valence-corrected chi connectivity index (χ3v) is 2.98. The molecule has 1 aromatic rings. The maximum atomic E-state index is 6.02. The van der Waals surface area contributed by atoms with E-state index in [1.165, 1.54) is 0 Å². The quantitative estimate of drug-likeness (QED) is 0.865. The third kappa shape index (κ3) is 5.28. The topological polar surface area (TPSA) is 21.3 Å². The van der Waals surface area contributed by atoms with Crippen molar-refractivity contribution in [1.29, 1.82) is 0 Å². The molecule has 0 saturated heterocycles. The highest BCUT2D eigenvalue weighted by Crippen LogP contribution is 2.23. The molecule has 0 aliphatic heterocycles. The minimum absolute atomic E-state index is 0.117. The second-order valence-corrected chi connectivity index (χ2v) is 6.13. The molecule has 102 valence electrons. The Morgan fingerprint density at radius 3 is 2.50 bits per heavy atom. The first-order chi connectivity index (χ1) is 8.31. The lowest BCUT2D eigenvalue weighted by Gasteiger charge is -2.25. The van der Waals surface area contributed by atoms with Gasteiger partial charge in [0.05, 0.1) is 0 Å². The summed E-state index contributed by atoms with van der Waals surface area (Å²) >= 11 is 5.94. The molecule has 2 nitrogen and oxygen atoms in total. The van der Waals surface area contributed by atoms with E-state index in [1.54, 1.807) is 0 Å². The Morgan fingerprint density at radius 2 is 2.00 bits per heavy atom. The van der Waals surface area contributed by atoms with E-state index >= 15 is 0 Å². The summed E-state index contributed by atoms with van der Waals surface area (Å²) in [6.07, 6.45) is 1.16. The predicted molar refractivity (Wildman–Crippen MR) is 78.7 cm³/mol. The van der Waals surface area contributed by atoms with Crippen LogP contribution in [0.4, 0.5) is 0 Å². The van der Waals surface area contributed by atoms with E-state index in [4.69, 9.17) is 16.3 Å². The Hall–Kier alpha value is -0.730. The van der Waals surface area contributed by atoms with Gasteiger partial charge in [-0.1, -0.05) is 18.5 Å². The van der Waals surface area contributed by atoms with E-state index in [9.17, 15) is 0 Å². The standard InChI is InChI=1S/C15H24ClNO/c1-6-13(10-17-15(3,4)5)18-14-8-7-12(16)9-11(14)2/h7-9,13,17H,6,10H2,1-5H3. The second kappa shape index (κ2) is 6.44. The molecule has 1 N–H and O–H groups in total. The van der Waals surface area contributed by atoms with Crippen molar-refractivity contribution >= 4 is 11.6 Å². The van der Waals surface area contributed by atoms with Crippen LogP contribution in [0, 0.1) is 6.92 Å². The number of ether oxygens (including phenoxy) is 1. The average molecular weight is 270 g/mol. The van der Waals surface area contributed by atoms with Crippen molar-refractivity contribution in [3.8, 4) is 5.75 Å². The molecule has 1 unspecified atom stereocenters. The highest BCUT2D eigenvalue weighted by molar-refractivity contribution is 6.30. The van der Waals surface area contributed by atoms with E-state index in [0.717, 1.165) is 29.3 Å². The Kier molecular flexibility index (Phi) is 5.48. The summed E-state index contributed by atoms with van der Waals surface area (Å²) in [6, 6.07) is 5.74. The molecular formula is C15H24ClNO. The van der Waals surface area contributed by atoms with Crippen LogP contribution in [-0.2, 0) is 0 Å². The zero-order chi connectivity index (χ0) is 13.8. The van der Waals surface area contributed by atoms with Gasteiger partial charge in [0, 0.05) is 17.1 Å². The van der Waals surface area contributed by atoms with Crippen LogP contribution in [0.5, 0.6) is 5.75 Å². The van der Waals surface area contributed by atoms with Gasteiger partial charge in [-0.3, -0.25) is 0 Å². The molecule has 18 heavy (non-hydrogen) atoms. The maximum absolute atomic E-state index is 6.02. The molecule has 0 radical (unpaired) electrons. The molecule has 0 heterocycles. The molecule has 0 fully saturated rings. The number of benzene rings is 1. The van der Waals surface area contributed by atoms with Gasteiger partial charge in [0.15, 0.2) is 0 Å². The molecule has 0 bridgehead atoms. The number of rotatable bonds is 5. The largest absolute Gasteiger partial charge is 0.489 e. The SMILES string of the molecule is CCC(CNC(C)(C)C)Oc1ccc(Cl)cc1C. The van der Waals surface area contributed by atoms with Gasteiger partial charge in [0.25, 0.3) is 0 Å². The number of hydrogen-bond donors (Lipinski definition) is 1. The number of hydrogen-bond acceptors (Lipinski definition) is 2. The molecular weight excluding hydrogens is 246 g/mol. The van der Waals surface area contributed by atoms with E-state index in [1.807, 2.05) is 25.1 Å². The van der Waals surface area contributed by atoms with Crippen LogP contribution in [0.3, 0.4) is 0 Å². The van der Waals surface area contributed by atoms with Gasteiger partial charge in [-0.15, -0.1) is 0 Å². The Labute approximate surface area is 116 Å². The van der Waals surface area contributed by atoms with Gasteiger partial charge in [-0.05, 0) is 57.9 Å². The summed E-state index contributed by atoms with van der Waals surface area (Å²) in [6.45, 7) is 11.5. The third-order valence-electron chi connectivity index (χ3n) is 2.75. The van der Waals surface area contributed by atoms with Crippen LogP contribution in [0.2, 0.25) is 5.02 Å². The fourth-order valence-corrected chi connectivity index (χ4v) is 1.84. The van der Waals surface area contributed by atoms with Gasteiger partial charge >= 0.3 is 0 Å². The molecule has 0 aliphatic rings. The molecule has 0 saturated carbocycles. The van der Waals surface area contributed by atoms with Crippen LogP contribution < -0.4 is 10.1 Å². The highest BCUT2D eigenvalue weighted by Gasteiger charge is 2.14. The highest BCUT2D eigenvalue weighted by atomic mass is 35.5. The summed E-state index contributed by atoms with van der Waals surface area (Å²) in [7, 11) is 0. The second-order valence-electron chi connectivity index (χ2n) is 5.69. The maximum Gasteiger partial charge on any atom is 0.122 e. The zero-order valence-electron chi connectivity index (χ0n) is 12.0. The van der Waals surface area contributed by atoms with Crippen molar-refractivity contribution in [2.24, 2.45) is 0 Å². The van der Waals surface area contributed by atoms with E-state index < -0.39 is 0 Å². The molecule has 1 aromatic carbocycles. The van der Waals surface area contributed by atoms with Crippen LogP contribution in [0.1, 0.15) is 39.7 Å². The molecule has 3 heteroatoms.